The van der Waals surface area contributed by atoms with Gasteiger partial charge in [0, 0.05) is 24.6 Å². The van der Waals surface area contributed by atoms with Crippen LogP contribution in [0.1, 0.15) is 0 Å². The molecule has 0 aliphatic rings. The number of hydrogen-bond donors (Lipinski definition) is 1. The first-order chi connectivity index (χ1) is 8.26. The van der Waals surface area contributed by atoms with E-state index in [4.69, 9.17) is 0 Å². The van der Waals surface area contributed by atoms with Crippen molar-refractivity contribution in [2.45, 2.75) is 4.90 Å². The van der Waals surface area contributed by atoms with Gasteiger partial charge in [-0.25, -0.2) is 4.57 Å². The average Bonchev–Trinajstić information content (AvgIpc) is 2.28. The molecule has 0 amide bonds. The molecule has 1 atom stereocenters. The van der Waals surface area contributed by atoms with Crippen LogP contribution in [0.3, 0.4) is 0 Å². The number of nitro benzene ring substituents is 2. The maximum atomic E-state index is 11.3. The van der Waals surface area contributed by atoms with Gasteiger partial charge in [0.15, 0.2) is 0 Å². The Morgan fingerprint density at radius 1 is 1.33 bits per heavy atom. The van der Waals surface area contributed by atoms with Crippen molar-refractivity contribution in [3.63, 3.8) is 0 Å². The van der Waals surface area contributed by atoms with Crippen LogP contribution in [-0.4, -0.2) is 21.8 Å². The van der Waals surface area contributed by atoms with Crippen molar-refractivity contribution >= 4 is 29.6 Å². The summed E-state index contributed by atoms with van der Waals surface area (Å²) < 4.78 is 15.6. The van der Waals surface area contributed by atoms with Gasteiger partial charge in [-0.05, 0) is 6.07 Å². The summed E-state index contributed by atoms with van der Waals surface area (Å²) in [4.78, 5) is 28.6. The third-order valence-corrected chi connectivity index (χ3v) is 4.76. The van der Waals surface area contributed by atoms with Crippen molar-refractivity contribution in [1.29, 1.82) is 0 Å². The molecule has 0 bridgehead atoms. The highest BCUT2D eigenvalue weighted by Gasteiger charge is 2.27. The van der Waals surface area contributed by atoms with E-state index in [1.165, 1.54) is 0 Å². The van der Waals surface area contributed by atoms with Gasteiger partial charge in [-0.3, -0.25) is 20.2 Å². The zero-order valence-electron chi connectivity index (χ0n) is 8.88. The zero-order valence-corrected chi connectivity index (χ0v) is 10.6. The van der Waals surface area contributed by atoms with Crippen LogP contribution in [0.15, 0.2) is 23.1 Å². The lowest BCUT2D eigenvalue weighted by Gasteiger charge is -2.07. The molecule has 0 saturated carbocycles. The molecule has 0 radical (unpaired) electrons. The van der Waals surface area contributed by atoms with Crippen molar-refractivity contribution in [3.8, 4) is 0 Å². The number of benzene rings is 1. The summed E-state index contributed by atoms with van der Waals surface area (Å²) in [6.07, 6.45) is 0. The first-order valence-corrected chi connectivity index (χ1v) is 7.27. The van der Waals surface area contributed by atoms with Crippen LogP contribution in [0.4, 0.5) is 11.4 Å². The fourth-order valence-corrected chi connectivity index (χ4v) is 3.11. The number of nitro groups is 2. The third kappa shape index (κ3) is 3.50. The predicted octanol–water partition coefficient (Wildman–Crippen LogP) is 2.34. The standard InChI is InChI=1S/C7H7N2O7PS/c1-16-17(14,15)18-7-3-2-5(8(10)11)4-6(7)9(12)13/h2-4H,1H3,(H,14,15). The molecule has 9 nitrogen and oxygen atoms in total. The van der Waals surface area contributed by atoms with E-state index in [1.54, 1.807) is 0 Å². The summed E-state index contributed by atoms with van der Waals surface area (Å²) in [5, 5.41) is 21.2. The second-order valence-corrected chi connectivity index (χ2v) is 6.77. The molecule has 1 N–H and O–H groups in total. The van der Waals surface area contributed by atoms with Crippen molar-refractivity contribution < 1.29 is 23.8 Å². The molecule has 1 unspecified atom stereocenters. The third-order valence-electron chi connectivity index (χ3n) is 1.79. The Bertz CT molecular complexity index is 549. The van der Waals surface area contributed by atoms with Crippen LogP contribution in [0.2, 0.25) is 0 Å². The van der Waals surface area contributed by atoms with Crippen LogP contribution in [0.5, 0.6) is 0 Å². The van der Waals surface area contributed by atoms with Crippen LogP contribution in [0.25, 0.3) is 0 Å². The summed E-state index contributed by atoms with van der Waals surface area (Å²) in [7, 11) is 0.977. The van der Waals surface area contributed by atoms with Gasteiger partial charge in [-0.15, -0.1) is 0 Å². The van der Waals surface area contributed by atoms with Crippen molar-refractivity contribution in [2.75, 3.05) is 7.11 Å². The molecule has 18 heavy (non-hydrogen) atoms. The Morgan fingerprint density at radius 2 is 1.94 bits per heavy atom. The highest BCUT2D eigenvalue weighted by molar-refractivity contribution is 8.54. The van der Waals surface area contributed by atoms with Gasteiger partial charge in [0.2, 0.25) is 0 Å². The number of nitrogens with zero attached hydrogens (tertiary/aromatic N) is 2. The summed E-state index contributed by atoms with van der Waals surface area (Å²) in [6.45, 7) is -4.06. The first-order valence-electron chi connectivity index (χ1n) is 4.28. The summed E-state index contributed by atoms with van der Waals surface area (Å²) in [6, 6.07) is 2.76. The Kier molecular flexibility index (Phi) is 4.41. The average molecular weight is 294 g/mol. The molecule has 0 fully saturated rings. The molecule has 0 heterocycles. The summed E-state index contributed by atoms with van der Waals surface area (Å²) in [5.41, 5.74) is -1.10. The van der Waals surface area contributed by atoms with Crippen molar-refractivity contribution in [2.24, 2.45) is 0 Å². The molecular formula is C7H7N2O7PS. The lowest BCUT2D eigenvalue weighted by atomic mass is 10.3. The highest BCUT2D eigenvalue weighted by Crippen LogP contribution is 2.60. The molecule has 1 aromatic rings. The van der Waals surface area contributed by atoms with Gasteiger partial charge < -0.3 is 9.42 Å². The molecule has 1 rings (SSSR count). The van der Waals surface area contributed by atoms with Gasteiger partial charge in [0.25, 0.3) is 11.4 Å². The maximum Gasteiger partial charge on any atom is 0.391 e. The Labute approximate surface area is 104 Å². The van der Waals surface area contributed by atoms with Gasteiger partial charge in [-0.2, -0.15) is 0 Å². The van der Waals surface area contributed by atoms with E-state index in [0.717, 1.165) is 25.3 Å². The minimum absolute atomic E-state index is 0.182. The number of rotatable bonds is 5. The van der Waals surface area contributed by atoms with Crippen molar-refractivity contribution in [3.05, 3.63) is 38.4 Å². The molecular weight excluding hydrogens is 287 g/mol. The molecule has 98 valence electrons. The number of non-ortho nitro benzene ring substituents is 1. The second-order valence-electron chi connectivity index (χ2n) is 2.91. The van der Waals surface area contributed by atoms with Crippen LogP contribution < -0.4 is 0 Å². The molecule has 0 aromatic heterocycles. The fourth-order valence-electron chi connectivity index (χ4n) is 1.00. The Morgan fingerprint density at radius 3 is 2.39 bits per heavy atom. The minimum atomic E-state index is -4.06. The van der Waals surface area contributed by atoms with Gasteiger partial charge in [0.1, 0.15) is 0 Å². The van der Waals surface area contributed by atoms with E-state index >= 15 is 0 Å². The van der Waals surface area contributed by atoms with Crippen LogP contribution >= 0.6 is 18.2 Å². The van der Waals surface area contributed by atoms with E-state index in [2.05, 4.69) is 4.52 Å². The highest BCUT2D eigenvalue weighted by atomic mass is 32.7. The maximum absolute atomic E-state index is 11.3. The van der Waals surface area contributed by atoms with E-state index in [1.807, 2.05) is 0 Å². The minimum Gasteiger partial charge on any atom is -0.316 e. The van der Waals surface area contributed by atoms with Gasteiger partial charge in [-0.1, -0.05) is 0 Å². The van der Waals surface area contributed by atoms with Crippen LogP contribution in [0, 0.1) is 20.2 Å². The van der Waals surface area contributed by atoms with E-state index in [0.29, 0.717) is 0 Å². The van der Waals surface area contributed by atoms with E-state index in [-0.39, 0.29) is 16.3 Å². The largest absolute Gasteiger partial charge is 0.391 e. The summed E-state index contributed by atoms with van der Waals surface area (Å²) >= 11 is 0.246. The molecule has 11 heteroatoms. The van der Waals surface area contributed by atoms with E-state index in [9.17, 15) is 29.7 Å². The lowest BCUT2D eigenvalue weighted by molar-refractivity contribution is -0.396. The van der Waals surface area contributed by atoms with Crippen molar-refractivity contribution in [1.82, 2.24) is 0 Å². The Balaban J connectivity index is 3.24. The quantitative estimate of drug-likeness (QED) is 0.497. The topological polar surface area (TPSA) is 133 Å². The van der Waals surface area contributed by atoms with E-state index < -0.39 is 28.0 Å². The predicted molar refractivity (Wildman–Crippen MR) is 62.4 cm³/mol. The van der Waals surface area contributed by atoms with Crippen LogP contribution in [-0.2, 0) is 9.09 Å². The summed E-state index contributed by atoms with van der Waals surface area (Å²) in [5.74, 6) is 0. The normalized spacial score (nSPS) is 13.9. The molecule has 0 aliphatic heterocycles. The molecule has 0 aliphatic carbocycles. The fraction of sp³-hybridized carbons (Fsp3) is 0.143. The molecule has 0 saturated heterocycles. The second kappa shape index (κ2) is 5.44. The van der Waals surface area contributed by atoms with Gasteiger partial charge >= 0.3 is 6.80 Å². The smallest absolute Gasteiger partial charge is 0.316 e. The zero-order chi connectivity index (χ0) is 13.9. The Hall–Kier alpha value is -1.48. The molecule has 1 aromatic carbocycles. The monoisotopic (exact) mass is 294 g/mol. The molecule has 0 spiro atoms. The first kappa shape index (κ1) is 14.6. The number of hydrogen-bond acceptors (Lipinski definition) is 7. The lowest BCUT2D eigenvalue weighted by Crippen LogP contribution is -1.94. The SMILES string of the molecule is COP(=O)(O)Sc1ccc([N+](=O)[O-])cc1[N+](=O)[O-]. The van der Waals surface area contributed by atoms with Gasteiger partial charge in [0.05, 0.1) is 20.8 Å².